The summed E-state index contributed by atoms with van der Waals surface area (Å²) in [7, 11) is 3.44. The number of aromatic nitrogens is 3. The maximum absolute atomic E-state index is 12.4. The summed E-state index contributed by atoms with van der Waals surface area (Å²) in [5.41, 5.74) is 3.60. The van der Waals surface area contributed by atoms with Crippen LogP contribution in [0.1, 0.15) is 11.1 Å². The van der Waals surface area contributed by atoms with Gasteiger partial charge in [-0.25, -0.2) is 0 Å². The molecular weight excluding hydrogens is 396 g/mol. The number of benzene rings is 2. The van der Waals surface area contributed by atoms with E-state index in [2.05, 4.69) is 15.5 Å². The number of carbonyl (C=O) groups is 1. The summed E-state index contributed by atoms with van der Waals surface area (Å²) in [5.74, 6) is 1.33. The smallest absolute Gasteiger partial charge is 0.234 e. The number of hydrogen-bond acceptors (Lipinski definition) is 5. The number of anilines is 1. The van der Waals surface area contributed by atoms with Crippen molar-refractivity contribution < 1.29 is 9.53 Å². The third kappa shape index (κ3) is 4.31. The highest BCUT2D eigenvalue weighted by Crippen LogP contribution is 2.31. The first-order valence-corrected chi connectivity index (χ1v) is 9.99. The SMILES string of the molecule is COc1cc(Cl)c(C)cc1NC(=O)CSc1nnc(-c2ccccc2C)n1C. The predicted octanol–water partition coefficient (Wildman–Crippen LogP) is 4.49. The molecule has 3 rings (SSSR count). The minimum atomic E-state index is -0.162. The molecular formula is C20H21ClN4O2S. The largest absolute Gasteiger partial charge is 0.495 e. The van der Waals surface area contributed by atoms with Crippen LogP contribution in [0.4, 0.5) is 5.69 Å². The van der Waals surface area contributed by atoms with Gasteiger partial charge in [0, 0.05) is 23.7 Å². The lowest BCUT2D eigenvalue weighted by Gasteiger charge is -2.12. The van der Waals surface area contributed by atoms with Gasteiger partial charge in [-0.2, -0.15) is 0 Å². The van der Waals surface area contributed by atoms with E-state index in [9.17, 15) is 4.79 Å². The Balaban J connectivity index is 1.69. The molecule has 0 saturated heterocycles. The molecule has 0 aliphatic heterocycles. The van der Waals surface area contributed by atoms with Gasteiger partial charge in [-0.1, -0.05) is 47.6 Å². The highest BCUT2D eigenvalue weighted by molar-refractivity contribution is 7.99. The topological polar surface area (TPSA) is 69.0 Å². The van der Waals surface area contributed by atoms with Crippen molar-refractivity contribution in [2.75, 3.05) is 18.2 Å². The molecule has 0 unspecified atom stereocenters. The van der Waals surface area contributed by atoms with Crippen LogP contribution in [0.2, 0.25) is 5.02 Å². The number of halogens is 1. The van der Waals surface area contributed by atoms with Gasteiger partial charge in [0.05, 0.1) is 18.6 Å². The van der Waals surface area contributed by atoms with Crippen molar-refractivity contribution >= 4 is 35.0 Å². The molecule has 0 aliphatic rings. The second-order valence-corrected chi connectivity index (χ2v) is 7.67. The van der Waals surface area contributed by atoms with Crippen LogP contribution in [0, 0.1) is 13.8 Å². The summed E-state index contributed by atoms with van der Waals surface area (Å²) in [6.07, 6.45) is 0. The van der Waals surface area contributed by atoms with Crippen molar-refractivity contribution in [2.24, 2.45) is 7.05 Å². The molecule has 0 aliphatic carbocycles. The van der Waals surface area contributed by atoms with Crippen molar-refractivity contribution in [3.63, 3.8) is 0 Å². The molecule has 28 heavy (non-hydrogen) atoms. The maximum Gasteiger partial charge on any atom is 0.234 e. The number of ether oxygens (including phenoxy) is 1. The van der Waals surface area contributed by atoms with Gasteiger partial charge in [-0.15, -0.1) is 10.2 Å². The van der Waals surface area contributed by atoms with E-state index >= 15 is 0 Å². The van der Waals surface area contributed by atoms with Gasteiger partial charge in [0.2, 0.25) is 5.91 Å². The van der Waals surface area contributed by atoms with E-state index in [1.807, 2.05) is 49.7 Å². The average Bonchev–Trinajstić information content (AvgIpc) is 3.03. The molecule has 0 radical (unpaired) electrons. The van der Waals surface area contributed by atoms with Gasteiger partial charge in [-0.3, -0.25) is 4.79 Å². The molecule has 0 saturated carbocycles. The zero-order valence-corrected chi connectivity index (χ0v) is 17.7. The number of carbonyl (C=O) groups excluding carboxylic acids is 1. The van der Waals surface area contributed by atoms with E-state index in [-0.39, 0.29) is 11.7 Å². The van der Waals surface area contributed by atoms with Gasteiger partial charge in [-0.05, 0) is 31.0 Å². The van der Waals surface area contributed by atoms with Crippen LogP contribution in [-0.2, 0) is 11.8 Å². The van der Waals surface area contributed by atoms with Crippen LogP contribution >= 0.6 is 23.4 Å². The zero-order valence-electron chi connectivity index (χ0n) is 16.1. The van der Waals surface area contributed by atoms with Crippen molar-refractivity contribution in [2.45, 2.75) is 19.0 Å². The fourth-order valence-electron chi connectivity index (χ4n) is 2.75. The Morgan fingerprint density at radius 2 is 1.96 bits per heavy atom. The Hall–Kier alpha value is -2.51. The van der Waals surface area contributed by atoms with Gasteiger partial charge in [0.25, 0.3) is 0 Å². The number of hydrogen-bond donors (Lipinski definition) is 1. The van der Waals surface area contributed by atoms with Crippen molar-refractivity contribution in [3.8, 4) is 17.1 Å². The number of nitrogens with one attached hydrogen (secondary N) is 1. The Bertz CT molecular complexity index is 1020. The molecule has 0 bridgehead atoms. The monoisotopic (exact) mass is 416 g/mol. The fraction of sp³-hybridized carbons (Fsp3) is 0.250. The molecule has 6 nitrogen and oxygen atoms in total. The van der Waals surface area contributed by atoms with E-state index in [1.165, 1.54) is 18.9 Å². The van der Waals surface area contributed by atoms with Gasteiger partial charge in [0.1, 0.15) is 5.75 Å². The first kappa shape index (κ1) is 20.2. The molecule has 3 aromatic rings. The molecule has 1 heterocycles. The summed E-state index contributed by atoms with van der Waals surface area (Å²) < 4.78 is 7.19. The molecule has 146 valence electrons. The van der Waals surface area contributed by atoms with Crippen LogP contribution in [0.3, 0.4) is 0 Å². The summed E-state index contributed by atoms with van der Waals surface area (Å²) in [6, 6.07) is 11.5. The number of thioether (sulfide) groups is 1. The maximum atomic E-state index is 12.4. The number of rotatable bonds is 6. The minimum absolute atomic E-state index is 0.162. The summed E-state index contributed by atoms with van der Waals surface area (Å²) in [5, 5.41) is 12.6. The predicted molar refractivity (Wildman–Crippen MR) is 113 cm³/mol. The molecule has 0 atom stereocenters. The second kappa shape index (κ2) is 8.67. The standard InChI is InChI=1S/C20H21ClN4O2S/c1-12-7-5-6-8-14(12)19-23-24-20(25(19)3)28-11-18(26)22-16-9-13(2)15(21)10-17(16)27-4/h5-10H,11H2,1-4H3,(H,22,26). The average molecular weight is 417 g/mol. The third-order valence-electron chi connectivity index (χ3n) is 4.31. The Morgan fingerprint density at radius 1 is 1.21 bits per heavy atom. The lowest BCUT2D eigenvalue weighted by Crippen LogP contribution is -2.15. The van der Waals surface area contributed by atoms with Gasteiger partial charge in [0.15, 0.2) is 11.0 Å². The lowest BCUT2D eigenvalue weighted by atomic mass is 10.1. The normalized spacial score (nSPS) is 10.8. The van der Waals surface area contributed by atoms with Crippen molar-refractivity contribution in [3.05, 3.63) is 52.5 Å². The summed E-state index contributed by atoms with van der Waals surface area (Å²) in [6.45, 7) is 3.91. The first-order valence-electron chi connectivity index (χ1n) is 8.63. The summed E-state index contributed by atoms with van der Waals surface area (Å²) >= 11 is 7.44. The van der Waals surface area contributed by atoms with Gasteiger partial charge >= 0.3 is 0 Å². The molecule has 0 spiro atoms. The molecule has 1 amide bonds. The van der Waals surface area contributed by atoms with Crippen LogP contribution in [0.5, 0.6) is 5.75 Å². The Morgan fingerprint density at radius 3 is 2.68 bits per heavy atom. The van der Waals surface area contributed by atoms with Crippen molar-refractivity contribution in [1.82, 2.24) is 14.8 Å². The Kier molecular flexibility index (Phi) is 6.26. The highest BCUT2D eigenvalue weighted by Gasteiger charge is 2.15. The summed E-state index contributed by atoms with van der Waals surface area (Å²) in [4.78, 5) is 12.4. The van der Waals surface area contributed by atoms with Crippen LogP contribution < -0.4 is 10.1 Å². The van der Waals surface area contributed by atoms with E-state index in [0.717, 1.165) is 22.5 Å². The highest BCUT2D eigenvalue weighted by atomic mass is 35.5. The second-order valence-electron chi connectivity index (χ2n) is 6.32. The number of amides is 1. The van der Waals surface area contributed by atoms with Crippen molar-refractivity contribution in [1.29, 1.82) is 0 Å². The number of aryl methyl sites for hydroxylation is 2. The molecule has 2 aromatic carbocycles. The quantitative estimate of drug-likeness (QED) is 0.599. The Labute approximate surface area is 173 Å². The fourth-order valence-corrected chi connectivity index (χ4v) is 3.61. The van der Waals surface area contributed by atoms with E-state index in [0.29, 0.717) is 21.6 Å². The van der Waals surface area contributed by atoms with E-state index in [4.69, 9.17) is 16.3 Å². The van der Waals surface area contributed by atoms with Crippen LogP contribution in [-0.4, -0.2) is 33.5 Å². The molecule has 0 fully saturated rings. The van der Waals surface area contributed by atoms with Crippen LogP contribution in [0.25, 0.3) is 11.4 Å². The minimum Gasteiger partial charge on any atom is -0.495 e. The van der Waals surface area contributed by atoms with E-state index in [1.54, 1.807) is 12.1 Å². The third-order valence-corrected chi connectivity index (χ3v) is 5.74. The zero-order chi connectivity index (χ0) is 20.3. The molecule has 8 heteroatoms. The van der Waals surface area contributed by atoms with E-state index < -0.39 is 0 Å². The lowest BCUT2D eigenvalue weighted by molar-refractivity contribution is -0.113. The molecule has 1 N–H and O–H groups in total. The molecule has 1 aromatic heterocycles. The number of methoxy groups -OCH3 is 1. The number of nitrogens with zero attached hydrogens (tertiary/aromatic N) is 3. The van der Waals surface area contributed by atoms with Gasteiger partial charge < -0.3 is 14.6 Å². The first-order chi connectivity index (χ1) is 13.4. The van der Waals surface area contributed by atoms with Crippen LogP contribution in [0.15, 0.2) is 41.6 Å².